The van der Waals surface area contributed by atoms with Crippen molar-refractivity contribution in [3.63, 3.8) is 0 Å². The summed E-state index contributed by atoms with van der Waals surface area (Å²) >= 11 is 0. The summed E-state index contributed by atoms with van der Waals surface area (Å²) in [5.74, 6) is 1.59. The van der Waals surface area contributed by atoms with Crippen LogP contribution in [0.25, 0.3) is 0 Å². The van der Waals surface area contributed by atoms with E-state index >= 15 is 0 Å². The lowest BCUT2D eigenvalue weighted by atomic mass is 9.42. The van der Waals surface area contributed by atoms with Gasteiger partial charge in [0.25, 0.3) is 0 Å². The number of rotatable bonds is 5. The fourth-order valence-corrected chi connectivity index (χ4v) is 7.66. The monoisotopic (exact) mass is 406 g/mol. The molecule has 0 heterocycles. The lowest BCUT2D eigenvalue weighted by Gasteiger charge is -2.63. The fraction of sp³-hybridized carbons (Fsp3) is 0.913. The average molecular weight is 407 g/mol. The van der Waals surface area contributed by atoms with Crippen LogP contribution in [-0.2, 0) is 9.63 Å². The van der Waals surface area contributed by atoms with Crippen LogP contribution in [-0.4, -0.2) is 54.1 Å². The number of fused-ring (bicyclic) bond motifs is 5. The summed E-state index contributed by atoms with van der Waals surface area (Å²) < 4.78 is 0. The minimum Gasteiger partial charge on any atom is -0.394 e. The summed E-state index contributed by atoms with van der Waals surface area (Å²) in [6.07, 6.45) is 6.82. The normalized spacial score (nSPS) is 48.2. The van der Waals surface area contributed by atoms with E-state index in [4.69, 9.17) is 4.84 Å². The van der Waals surface area contributed by atoms with Crippen LogP contribution in [0.4, 0.5) is 0 Å². The van der Waals surface area contributed by atoms with Crippen molar-refractivity contribution in [1.82, 2.24) is 5.32 Å². The molecule has 0 aromatic heterocycles. The zero-order valence-corrected chi connectivity index (χ0v) is 18.2. The zero-order chi connectivity index (χ0) is 20.9. The van der Waals surface area contributed by atoms with Crippen LogP contribution in [0.1, 0.15) is 65.2 Å². The summed E-state index contributed by atoms with van der Waals surface area (Å²) in [5, 5.41) is 29.3. The summed E-state index contributed by atoms with van der Waals surface area (Å²) in [6.45, 7) is 5.55. The second-order valence-electron chi connectivity index (χ2n) is 10.6. The number of carbonyl (C=O) groups is 1. The highest BCUT2D eigenvalue weighted by molar-refractivity contribution is 5.87. The van der Waals surface area contributed by atoms with E-state index in [2.05, 4.69) is 24.3 Å². The number of aliphatic hydroxyl groups excluding tert-OH is 1. The molecule has 6 nitrogen and oxygen atoms in total. The number of hydrogen-bond acceptors (Lipinski definition) is 6. The minimum atomic E-state index is -1.11. The molecule has 0 aromatic rings. The van der Waals surface area contributed by atoms with Crippen LogP contribution < -0.4 is 5.32 Å². The molecule has 4 aliphatic rings. The van der Waals surface area contributed by atoms with E-state index in [1.165, 1.54) is 0 Å². The summed E-state index contributed by atoms with van der Waals surface area (Å²) in [7, 11) is 1.88. The second-order valence-corrected chi connectivity index (χ2v) is 10.6. The molecular formula is C23H38N2O4. The van der Waals surface area contributed by atoms with Gasteiger partial charge in [-0.3, -0.25) is 4.79 Å². The molecule has 2 unspecified atom stereocenters. The largest absolute Gasteiger partial charge is 0.394 e. The van der Waals surface area contributed by atoms with Gasteiger partial charge in [0, 0.05) is 24.3 Å². The Morgan fingerprint density at radius 1 is 1.21 bits per heavy atom. The molecule has 0 saturated heterocycles. The second kappa shape index (κ2) is 7.61. The van der Waals surface area contributed by atoms with Gasteiger partial charge in [-0.15, -0.1) is 0 Å². The van der Waals surface area contributed by atoms with Crippen LogP contribution in [0.3, 0.4) is 0 Å². The number of hydrogen-bond donors (Lipinski definition) is 3. The number of oxime groups is 1. The molecule has 7 atom stereocenters. The van der Waals surface area contributed by atoms with Gasteiger partial charge in [-0.05, 0) is 75.2 Å². The Morgan fingerprint density at radius 2 is 2.00 bits per heavy atom. The van der Waals surface area contributed by atoms with Crippen molar-refractivity contribution in [1.29, 1.82) is 0 Å². The van der Waals surface area contributed by atoms with E-state index in [1.54, 1.807) is 0 Å². The number of ketones is 1. The number of Topliss-reactive ketones (excluding diaryl/α,β-unsaturated/α-hetero) is 1. The van der Waals surface area contributed by atoms with Gasteiger partial charge in [0.15, 0.2) is 0 Å². The molecule has 3 N–H and O–H groups in total. The highest BCUT2D eigenvalue weighted by Gasteiger charge is 2.65. The Kier molecular flexibility index (Phi) is 5.58. The molecule has 0 amide bonds. The highest BCUT2D eigenvalue weighted by Crippen LogP contribution is 2.67. The predicted molar refractivity (Wildman–Crippen MR) is 111 cm³/mol. The van der Waals surface area contributed by atoms with Crippen molar-refractivity contribution in [2.45, 2.75) is 70.8 Å². The molecule has 164 valence electrons. The first kappa shape index (κ1) is 21.3. The Labute approximate surface area is 174 Å². The van der Waals surface area contributed by atoms with Gasteiger partial charge in [-0.2, -0.15) is 0 Å². The van der Waals surface area contributed by atoms with Crippen LogP contribution in [0.15, 0.2) is 5.16 Å². The van der Waals surface area contributed by atoms with E-state index in [0.29, 0.717) is 49.4 Å². The maximum Gasteiger partial charge on any atom is 0.139 e. The third kappa shape index (κ3) is 3.26. The van der Waals surface area contributed by atoms with Crippen molar-refractivity contribution in [2.24, 2.45) is 39.7 Å². The van der Waals surface area contributed by atoms with Crippen LogP contribution in [0, 0.1) is 34.5 Å². The van der Waals surface area contributed by atoms with Crippen LogP contribution >= 0.6 is 0 Å². The molecule has 0 bridgehead atoms. The predicted octanol–water partition coefficient (Wildman–Crippen LogP) is 2.52. The standard InChI is InChI=1S/C23H38N2O4/c1-21-8-6-15(25-29-11-10-24-3)12-19(21)23(28,14-26)13-16-17-4-5-20(27)22(17,2)9-7-18(16)21/h16-19,24,26,28H,4-14H2,1-3H3/t16-,17-,18+,19?,21+,22-,23?/m0/s1. The lowest BCUT2D eigenvalue weighted by Crippen LogP contribution is -2.64. The number of likely N-dealkylation sites (N-methyl/N-ethyl adjacent to an activating group) is 1. The Balaban J connectivity index is 1.60. The number of nitrogens with zero attached hydrogens (tertiary/aromatic N) is 1. The van der Waals surface area contributed by atoms with E-state index in [9.17, 15) is 15.0 Å². The van der Waals surface area contributed by atoms with Gasteiger partial charge >= 0.3 is 0 Å². The average Bonchev–Trinajstić information content (AvgIpc) is 3.01. The van der Waals surface area contributed by atoms with Gasteiger partial charge in [0.1, 0.15) is 12.4 Å². The fourth-order valence-electron chi connectivity index (χ4n) is 7.66. The molecule has 0 radical (unpaired) electrons. The molecule has 0 aromatic carbocycles. The third-order valence-corrected chi connectivity index (χ3v) is 9.33. The number of aliphatic hydroxyl groups is 2. The van der Waals surface area contributed by atoms with Gasteiger partial charge in [0.05, 0.1) is 17.9 Å². The molecule has 0 aliphatic heterocycles. The Morgan fingerprint density at radius 3 is 2.72 bits per heavy atom. The van der Waals surface area contributed by atoms with E-state index in [-0.39, 0.29) is 23.4 Å². The SMILES string of the molecule is CNCCON=C1CC[C@@]2(C)C(C1)C(O)(CO)C[C@@H]1[C@H]2CC[C@]2(C)C(=O)CC[C@@H]12. The van der Waals surface area contributed by atoms with Crippen molar-refractivity contribution in [2.75, 3.05) is 26.8 Å². The van der Waals surface area contributed by atoms with E-state index in [0.717, 1.165) is 44.4 Å². The Bertz CT molecular complexity index is 682. The zero-order valence-electron chi connectivity index (χ0n) is 18.2. The first-order chi connectivity index (χ1) is 13.8. The van der Waals surface area contributed by atoms with Crippen LogP contribution in [0.2, 0.25) is 0 Å². The first-order valence-electron chi connectivity index (χ1n) is 11.5. The maximum atomic E-state index is 12.6. The summed E-state index contributed by atoms with van der Waals surface area (Å²) in [5.41, 5.74) is -0.349. The summed E-state index contributed by atoms with van der Waals surface area (Å²) in [4.78, 5) is 18.1. The number of nitrogens with one attached hydrogen (secondary N) is 1. The number of carbonyl (C=O) groups excluding carboxylic acids is 1. The third-order valence-electron chi connectivity index (χ3n) is 9.33. The van der Waals surface area contributed by atoms with E-state index in [1.807, 2.05) is 7.05 Å². The van der Waals surface area contributed by atoms with Crippen molar-refractivity contribution in [3.05, 3.63) is 0 Å². The van der Waals surface area contributed by atoms with Crippen LogP contribution in [0.5, 0.6) is 0 Å². The maximum absolute atomic E-state index is 12.6. The smallest absolute Gasteiger partial charge is 0.139 e. The van der Waals surface area contributed by atoms with Gasteiger partial charge in [0.2, 0.25) is 0 Å². The minimum absolute atomic E-state index is 0.0110. The van der Waals surface area contributed by atoms with E-state index < -0.39 is 5.60 Å². The van der Waals surface area contributed by atoms with Crippen molar-refractivity contribution < 1.29 is 19.8 Å². The topological polar surface area (TPSA) is 91.2 Å². The van der Waals surface area contributed by atoms with Gasteiger partial charge in [-0.25, -0.2) is 0 Å². The summed E-state index contributed by atoms with van der Waals surface area (Å²) in [6, 6.07) is 0. The van der Waals surface area contributed by atoms with Crippen molar-refractivity contribution in [3.8, 4) is 0 Å². The molecule has 0 spiro atoms. The molecule has 6 heteroatoms. The molecule has 4 aliphatic carbocycles. The Hall–Kier alpha value is -0.980. The molecule has 4 saturated carbocycles. The first-order valence-corrected chi connectivity index (χ1v) is 11.5. The highest BCUT2D eigenvalue weighted by atomic mass is 16.6. The van der Waals surface area contributed by atoms with Gasteiger partial charge < -0.3 is 20.4 Å². The quantitative estimate of drug-likeness (QED) is 0.482. The molecule has 4 fully saturated rings. The molecule has 4 rings (SSSR count). The molecular weight excluding hydrogens is 368 g/mol. The van der Waals surface area contributed by atoms with Crippen molar-refractivity contribution >= 4 is 11.5 Å². The van der Waals surface area contributed by atoms with Gasteiger partial charge in [-0.1, -0.05) is 19.0 Å². The lowest BCUT2D eigenvalue weighted by molar-refractivity contribution is -0.206. The molecule has 29 heavy (non-hydrogen) atoms.